The molecule has 2 aromatic carbocycles. The average molecular weight is 405 g/mol. The second-order valence-corrected chi connectivity index (χ2v) is 8.25. The molecule has 2 unspecified atom stereocenters. The van der Waals surface area contributed by atoms with E-state index in [4.69, 9.17) is 11.6 Å². The van der Waals surface area contributed by atoms with E-state index in [0.29, 0.717) is 23.8 Å². The number of carbonyl (C=O) groups excluding carboxylic acids is 2. The number of hydrogen-bond acceptors (Lipinski definition) is 3. The molecule has 27 heavy (non-hydrogen) atoms. The van der Waals surface area contributed by atoms with Gasteiger partial charge in [-0.05, 0) is 30.3 Å². The summed E-state index contributed by atoms with van der Waals surface area (Å²) in [5.74, 6) is -0.0471. The number of carbonyl (C=O) groups is 2. The number of anilines is 1. The van der Waals surface area contributed by atoms with Crippen molar-refractivity contribution < 1.29 is 14.0 Å². The van der Waals surface area contributed by atoms with Crippen molar-refractivity contribution in [1.29, 1.82) is 0 Å². The zero-order chi connectivity index (χ0) is 19.0. The Hall–Kier alpha value is -2.05. The van der Waals surface area contributed by atoms with E-state index in [1.165, 1.54) is 12.1 Å². The van der Waals surface area contributed by atoms with Gasteiger partial charge in [-0.2, -0.15) is 0 Å². The lowest BCUT2D eigenvalue weighted by Gasteiger charge is -2.27. The molecule has 7 heteroatoms. The lowest BCUT2D eigenvalue weighted by Crippen LogP contribution is -2.37. The number of hydrogen-bond donors (Lipinski definition) is 0. The van der Waals surface area contributed by atoms with Crippen molar-refractivity contribution in [2.45, 2.75) is 11.8 Å². The van der Waals surface area contributed by atoms with Gasteiger partial charge in [0.1, 0.15) is 11.2 Å². The van der Waals surface area contributed by atoms with Crippen molar-refractivity contribution in [1.82, 2.24) is 4.90 Å². The van der Waals surface area contributed by atoms with E-state index >= 15 is 0 Å². The summed E-state index contributed by atoms with van der Waals surface area (Å²) in [5.41, 5.74) is 1.55. The number of benzene rings is 2. The van der Waals surface area contributed by atoms with Crippen LogP contribution in [-0.4, -0.2) is 35.6 Å². The van der Waals surface area contributed by atoms with Crippen LogP contribution >= 0.6 is 23.4 Å². The molecule has 2 fully saturated rings. The second-order valence-electron chi connectivity index (χ2n) is 6.66. The third kappa shape index (κ3) is 3.56. The molecule has 0 aliphatic carbocycles. The zero-order valence-corrected chi connectivity index (χ0v) is 16.0. The molecule has 2 aromatic rings. The van der Waals surface area contributed by atoms with E-state index < -0.39 is 5.92 Å². The van der Waals surface area contributed by atoms with Gasteiger partial charge in [0.15, 0.2) is 0 Å². The molecule has 2 atom stereocenters. The van der Waals surface area contributed by atoms with Crippen molar-refractivity contribution in [2.24, 2.45) is 5.92 Å². The first kappa shape index (κ1) is 18.3. The largest absolute Gasteiger partial charge is 0.325 e. The summed E-state index contributed by atoms with van der Waals surface area (Å²) in [4.78, 5) is 29.0. The highest BCUT2D eigenvalue weighted by atomic mass is 35.5. The number of halogens is 2. The van der Waals surface area contributed by atoms with Gasteiger partial charge in [-0.3, -0.25) is 9.59 Å². The molecule has 2 amide bonds. The first-order chi connectivity index (χ1) is 13.0. The summed E-state index contributed by atoms with van der Waals surface area (Å²) in [6.45, 7) is 0.959. The first-order valence-corrected chi connectivity index (χ1v) is 10.2. The maximum atomic E-state index is 13.1. The number of amides is 2. The number of rotatable bonds is 3. The molecule has 0 bridgehead atoms. The van der Waals surface area contributed by atoms with Crippen molar-refractivity contribution in [3.8, 4) is 0 Å². The highest BCUT2D eigenvalue weighted by molar-refractivity contribution is 7.99. The fraction of sp³-hybridized carbons (Fsp3) is 0.300. The minimum absolute atomic E-state index is 0.0251. The molecule has 0 spiro atoms. The summed E-state index contributed by atoms with van der Waals surface area (Å²) >= 11 is 8.01. The Kier molecular flexibility index (Phi) is 5.10. The highest BCUT2D eigenvalue weighted by Crippen LogP contribution is 2.42. The molecular weight excluding hydrogens is 387 g/mol. The average Bonchev–Trinajstić information content (AvgIpc) is 3.29. The van der Waals surface area contributed by atoms with Gasteiger partial charge in [0.25, 0.3) is 0 Å². The van der Waals surface area contributed by atoms with Gasteiger partial charge in [-0.15, -0.1) is 11.8 Å². The van der Waals surface area contributed by atoms with Crippen LogP contribution in [0.5, 0.6) is 0 Å². The number of thioether (sulfide) groups is 1. The summed E-state index contributed by atoms with van der Waals surface area (Å²) in [6.07, 6.45) is 0.173. The van der Waals surface area contributed by atoms with Gasteiger partial charge in [0.05, 0.1) is 5.92 Å². The van der Waals surface area contributed by atoms with Crippen LogP contribution in [0.15, 0.2) is 48.5 Å². The molecule has 0 saturated carbocycles. The lowest BCUT2D eigenvalue weighted by molar-refractivity contribution is -0.136. The molecular formula is C20H18ClFN2O2S. The Morgan fingerprint density at radius 3 is 2.63 bits per heavy atom. The lowest BCUT2D eigenvalue weighted by atomic mass is 10.1. The summed E-state index contributed by atoms with van der Waals surface area (Å²) in [7, 11) is 0. The third-order valence-electron chi connectivity index (χ3n) is 4.96. The normalized spacial score (nSPS) is 22.5. The van der Waals surface area contributed by atoms with Gasteiger partial charge >= 0.3 is 0 Å². The summed E-state index contributed by atoms with van der Waals surface area (Å²) in [6, 6.07) is 13.3. The Labute approximate surface area is 166 Å². The summed E-state index contributed by atoms with van der Waals surface area (Å²) < 4.78 is 13.1. The van der Waals surface area contributed by atoms with Gasteiger partial charge in [0, 0.05) is 41.5 Å². The Morgan fingerprint density at radius 1 is 1.15 bits per heavy atom. The number of nitrogens with zero attached hydrogens (tertiary/aromatic N) is 2. The molecule has 0 N–H and O–H groups in total. The van der Waals surface area contributed by atoms with Crippen LogP contribution in [0.1, 0.15) is 17.4 Å². The van der Waals surface area contributed by atoms with Crippen molar-refractivity contribution in [3.05, 3.63) is 64.9 Å². The van der Waals surface area contributed by atoms with Crippen LogP contribution in [0.25, 0.3) is 0 Å². The molecule has 0 radical (unpaired) electrons. The van der Waals surface area contributed by atoms with Gasteiger partial charge < -0.3 is 9.80 Å². The molecule has 2 heterocycles. The Morgan fingerprint density at radius 2 is 1.89 bits per heavy atom. The van der Waals surface area contributed by atoms with Crippen LogP contribution in [0.3, 0.4) is 0 Å². The summed E-state index contributed by atoms with van der Waals surface area (Å²) in [5, 5.41) is 0.520. The van der Waals surface area contributed by atoms with E-state index in [-0.39, 0.29) is 29.4 Å². The molecule has 2 saturated heterocycles. The molecule has 4 rings (SSSR count). The molecule has 2 aliphatic heterocycles. The van der Waals surface area contributed by atoms with Gasteiger partial charge in [0.2, 0.25) is 11.8 Å². The standard InChI is InChI=1S/C20H18ClFN2O2S/c21-17-4-2-1-3-16(17)20-23(9-10-27-20)19(26)13-11-18(25)24(12-13)15-7-5-14(22)6-8-15/h1-8,13,20H,9-12H2. The Balaban J connectivity index is 1.52. The van der Waals surface area contributed by atoms with Crippen LogP contribution in [0.2, 0.25) is 5.02 Å². The molecule has 4 nitrogen and oxygen atoms in total. The van der Waals surface area contributed by atoms with E-state index in [1.807, 2.05) is 29.2 Å². The van der Waals surface area contributed by atoms with Crippen molar-refractivity contribution in [2.75, 3.05) is 23.7 Å². The highest BCUT2D eigenvalue weighted by Gasteiger charge is 2.41. The first-order valence-electron chi connectivity index (χ1n) is 8.77. The van der Waals surface area contributed by atoms with Gasteiger partial charge in [-0.25, -0.2) is 4.39 Å². The van der Waals surface area contributed by atoms with Gasteiger partial charge in [-0.1, -0.05) is 29.8 Å². The molecule has 0 aromatic heterocycles. The van der Waals surface area contributed by atoms with E-state index in [2.05, 4.69) is 0 Å². The van der Waals surface area contributed by atoms with E-state index in [0.717, 1.165) is 11.3 Å². The second kappa shape index (κ2) is 7.52. The fourth-order valence-corrected chi connectivity index (χ4v) is 5.21. The van der Waals surface area contributed by atoms with Crippen LogP contribution < -0.4 is 4.90 Å². The topological polar surface area (TPSA) is 40.6 Å². The van der Waals surface area contributed by atoms with Crippen LogP contribution in [-0.2, 0) is 9.59 Å². The Bertz CT molecular complexity index is 877. The van der Waals surface area contributed by atoms with Crippen LogP contribution in [0.4, 0.5) is 10.1 Å². The maximum Gasteiger partial charge on any atom is 0.229 e. The predicted molar refractivity (Wildman–Crippen MR) is 105 cm³/mol. The SMILES string of the molecule is O=C1CC(C(=O)N2CCSC2c2ccccc2Cl)CN1c1ccc(F)cc1. The minimum atomic E-state index is -0.397. The van der Waals surface area contributed by atoms with E-state index in [1.54, 1.807) is 28.8 Å². The molecule has 140 valence electrons. The van der Waals surface area contributed by atoms with E-state index in [9.17, 15) is 14.0 Å². The third-order valence-corrected chi connectivity index (χ3v) is 6.54. The van der Waals surface area contributed by atoms with Crippen molar-refractivity contribution in [3.63, 3.8) is 0 Å². The van der Waals surface area contributed by atoms with Crippen LogP contribution in [0, 0.1) is 11.7 Å². The monoisotopic (exact) mass is 404 g/mol. The van der Waals surface area contributed by atoms with Crippen molar-refractivity contribution >= 4 is 40.9 Å². The minimum Gasteiger partial charge on any atom is -0.325 e. The molecule has 2 aliphatic rings. The zero-order valence-electron chi connectivity index (χ0n) is 14.5. The fourth-order valence-electron chi connectivity index (χ4n) is 3.61. The predicted octanol–water partition coefficient (Wildman–Crippen LogP) is 4.11. The smallest absolute Gasteiger partial charge is 0.229 e. The quantitative estimate of drug-likeness (QED) is 0.773. The maximum absolute atomic E-state index is 13.1.